The van der Waals surface area contributed by atoms with Gasteiger partial charge in [0.25, 0.3) is 7.82 Å². The van der Waals surface area contributed by atoms with E-state index in [9.17, 15) is 28.9 Å². The van der Waals surface area contributed by atoms with Gasteiger partial charge in [-0.05, 0) is 106 Å². The van der Waals surface area contributed by atoms with E-state index in [2.05, 4.69) is 29.8 Å². The average Bonchev–Trinajstić information content (AvgIpc) is 3.31. The van der Waals surface area contributed by atoms with Crippen LogP contribution >= 0.6 is 7.82 Å². The lowest BCUT2D eigenvalue weighted by molar-refractivity contribution is -0.223. The van der Waals surface area contributed by atoms with Gasteiger partial charge in [-0.1, -0.05) is 48.3 Å². The number of fused-ring (bicyclic) bond motifs is 2. The molecule has 1 amide bonds. The Morgan fingerprint density at radius 1 is 1.02 bits per heavy atom. The van der Waals surface area contributed by atoms with Gasteiger partial charge in [0, 0.05) is 48.6 Å². The van der Waals surface area contributed by atoms with Crippen molar-refractivity contribution in [3.63, 3.8) is 0 Å². The van der Waals surface area contributed by atoms with Crippen LogP contribution in [0.1, 0.15) is 128 Å². The molecular weight excluding hydrogens is 761 g/mol. The van der Waals surface area contributed by atoms with Gasteiger partial charge in [-0.2, -0.15) is 0 Å². The topological polar surface area (TPSA) is 170 Å². The van der Waals surface area contributed by atoms with Crippen molar-refractivity contribution in [3.05, 3.63) is 69.4 Å². The standard InChI is InChI=1S/C45H60NO11P/c1-27(2)15-14-20-43(8)21-19-31-36(47)35-37(48)33-25-30-26-34-42(6,7)57-44(40(30)49,45(33,34)56-39(35)32(38(31)55-43)17-16-28(3)4)22-18-29(5)41(50)46-23-12-10-11-13-24-54-58(51,52)53-9/h15-16,18-19,21,25,30,34,47H,10-14,17,20,22-24,26H2,1-9H3,(H,46,50)(H,51,52)/p-1/b29-18-/t30-,34+,43-,44+,45-/m1/s1. The Hall–Kier alpha value is -3.80. The minimum Gasteiger partial charge on any atom is -0.756 e. The Kier molecular flexibility index (Phi) is 12.3. The van der Waals surface area contributed by atoms with Gasteiger partial charge in [0.2, 0.25) is 5.91 Å². The number of ether oxygens (including phenoxy) is 3. The number of benzene rings is 1. The number of unbranched alkanes of at least 4 members (excludes halogenated alkanes) is 3. The summed E-state index contributed by atoms with van der Waals surface area (Å²) in [6, 6.07) is 0. The van der Waals surface area contributed by atoms with Crippen LogP contribution in [-0.2, 0) is 34.4 Å². The molecule has 1 spiro atoms. The number of carbonyl (C=O) groups excluding carboxylic acids is 3. The van der Waals surface area contributed by atoms with E-state index in [1.165, 1.54) is 5.57 Å². The Bertz CT molecular complexity index is 2070. The first-order valence-electron chi connectivity index (χ1n) is 20.5. The Morgan fingerprint density at radius 3 is 2.41 bits per heavy atom. The van der Waals surface area contributed by atoms with Gasteiger partial charge in [-0.25, -0.2) is 0 Å². The molecule has 316 valence electrons. The molecule has 2 fully saturated rings. The molecule has 4 bridgehead atoms. The van der Waals surface area contributed by atoms with Crippen molar-refractivity contribution in [1.82, 2.24) is 5.32 Å². The van der Waals surface area contributed by atoms with Crippen molar-refractivity contribution in [2.45, 2.75) is 136 Å². The summed E-state index contributed by atoms with van der Waals surface area (Å²) < 4.78 is 41.4. The van der Waals surface area contributed by atoms with Crippen LogP contribution < -0.4 is 19.7 Å². The predicted octanol–water partition coefficient (Wildman–Crippen LogP) is 7.96. The highest BCUT2D eigenvalue weighted by Gasteiger charge is 2.81. The first-order valence-corrected chi connectivity index (χ1v) is 21.9. The fourth-order valence-electron chi connectivity index (χ4n) is 9.33. The van der Waals surface area contributed by atoms with E-state index in [0.29, 0.717) is 73.1 Å². The number of amides is 1. The quantitative estimate of drug-likeness (QED) is 0.0677. The van der Waals surface area contributed by atoms with Gasteiger partial charge < -0.3 is 38.6 Å². The molecular formula is C45H59NO11P-. The Morgan fingerprint density at radius 2 is 1.72 bits per heavy atom. The molecule has 1 saturated carbocycles. The van der Waals surface area contributed by atoms with Crippen molar-refractivity contribution in [2.24, 2.45) is 11.8 Å². The van der Waals surface area contributed by atoms with Crippen molar-refractivity contribution in [3.8, 4) is 17.2 Å². The summed E-state index contributed by atoms with van der Waals surface area (Å²) >= 11 is 0. The van der Waals surface area contributed by atoms with Crippen LogP contribution in [0.25, 0.3) is 6.08 Å². The molecule has 6 aliphatic rings. The SMILES string of the molecule is COP(=O)([O-])OCCCCCCNC(=O)/C(C)=C\C[C@@]12OC(C)(C)[C@@H]3C[C@@H](C=C4C(=O)c5c(O)c6c(c(CC=C(C)C)c5O[C@]431)O[C@](C)(CCC=C(C)C)C=C6)C2=O. The predicted molar refractivity (Wildman–Crippen MR) is 219 cm³/mol. The van der Waals surface area contributed by atoms with E-state index in [-0.39, 0.29) is 41.8 Å². The zero-order valence-corrected chi connectivity index (χ0v) is 36.3. The third-order valence-corrected chi connectivity index (χ3v) is 13.3. The smallest absolute Gasteiger partial charge is 0.267 e. The number of nitrogens with one attached hydrogen (secondary N) is 1. The lowest BCUT2D eigenvalue weighted by atomic mass is 9.51. The van der Waals surface area contributed by atoms with E-state index in [1.807, 2.05) is 52.8 Å². The Balaban J connectivity index is 1.32. The number of phenolic OH excluding ortho intramolecular Hbond substituents is 1. The largest absolute Gasteiger partial charge is 0.756 e. The van der Waals surface area contributed by atoms with Gasteiger partial charge in [0.05, 0.1) is 17.8 Å². The maximum atomic E-state index is 15.0. The van der Waals surface area contributed by atoms with E-state index in [0.717, 1.165) is 25.5 Å². The molecule has 1 aromatic carbocycles. The first-order chi connectivity index (χ1) is 27.2. The molecule has 13 heteroatoms. The number of hydrogen-bond donors (Lipinski definition) is 2. The molecule has 0 radical (unpaired) electrons. The highest BCUT2D eigenvalue weighted by Crippen LogP contribution is 2.68. The molecule has 3 aliphatic heterocycles. The summed E-state index contributed by atoms with van der Waals surface area (Å²) in [5, 5.41) is 14.9. The summed E-state index contributed by atoms with van der Waals surface area (Å²) in [6.07, 6.45) is 16.3. The van der Waals surface area contributed by atoms with Gasteiger partial charge in [0.15, 0.2) is 22.8 Å². The Labute approximate surface area is 342 Å². The third-order valence-electron chi connectivity index (χ3n) is 12.3. The normalized spacial score (nSPS) is 28.3. The summed E-state index contributed by atoms with van der Waals surface area (Å²) in [5.41, 5.74) is -0.671. The van der Waals surface area contributed by atoms with Crippen molar-refractivity contribution >= 4 is 31.4 Å². The molecule has 0 aromatic heterocycles. The minimum absolute atomic E-state index is 0.00554. The number of phosphoric ester groups is 1. The number of rotatable bonds is 17. The highest BCUT2D eigenvalue weighted by atomic mass is 31.2. The fourth-order valence-corrected chi connectivity index (χ4v) is 9.79. The van der Waals surface area contributed by atoms with Gasteiger partial charge in [-0.15, -0.1) is 0 Å². The van der Waals surface area contributed by atoms with Crippen LogP contribution in [-0.4, -0.2) is 65.2 Å². The van der Waals surface area contributed by atoms with E-state index < -0.39 is 47.8 Å². The summed E-state index contributed by atoms with van der Waals surface area (Å²) in [5.74, 6) is -1.46. The number of aromatic hydroxyl groups is 1. The molecule has 3 aliphatic carbocycles. The summed E-state index contributed by atoms with van der Waals surface area (Å²) in [4.78, 5) is 54.3. The summed E-state index contributed by atoms with van der Waals surface area (Å²) in [7, 11) is -3.19. The zero-order valence-electron chi connectivity index (χ0n) is 35.4. The van der Waals surface area contributed by atoms with Crippen LogP contribution in [0.15, 0.2) is 52.7 Å². The van der Waals surface area contributed by atoms with Crippen molar-refractivity contribution < 1.29 is 52.2 Å². The molecule has 6 atom stereocenters. The molecule has 58 heavy (non-hydrogen) atoms. The van der Waals surface area contributed by atoms with Gasteiger partial charge in [-0.3, -0.25) is 18.9 Å². The lowest BCUT2D eigenvalue weighted by Gasteiger charge is -2.56. The fraction of sp³-hybridized carbons (Fsp3) is 0.578. The number of allylic oxidation sites excluding steroid dienone is 5. The van der Waals surface area contributed by atoms with Crippen LogP contribution in [0.4, 0.5) is 0 Å². The molecule has 7 rings (SSSR count). The molecule has 3 heterocycles. The number of carbonyl (C=O) groups is 3. The second-order valence-corrected chi connectivity index (χ2v) is 19.1. The number of Topliss-reactive ketones (excluding diaryl/α,β-unsaturated/α-hetero) is 2. The number of phenols is 1. The molecule has 1 unspecified atom stereocenters. The monoisotopic (exact) mass is 820 g/mol. The van der Waals surface area contributed by atoms with Gasteiger partial charge >= 0.3 is 0 Å². The van der Waals surface area contributed by atoms with Crippen LogP contribution in [0, 0.1) is 11.8 Å². The van der Waals surface area contributed by atoms with Crippen LogP contribution in [0.2, 0.25) is 0 Å². The molecule has 2 N–H and O–H groups in total. The number of hydrogen-bond acceptors (Lipinski definition) is 11. The second kappa shape index (κ2) is 16.3. The maximum absolute atomic E-state index is 15.0. The highest BCUT2D eigenvalue weighted by molar-refractivity contribution is 7.45. The second-order valence-electron chi connectivity index (χ2n) is 17.6. The minimum atomic E-state index is -4.24. The molecule has 1 saturated heterocycles. The number of phosphoric acid groups is 1. The first kappa shape index (κ1) is 43.8. The number of ketones is 2. The maximum Gasteiger partial charge on any atom is 0.267 e. The average molecular weight is 821 g/mol. The molecule has 12 nitrogen and oxygen atoms in total. The van der Waals surface area contributed by atoms with Crippen molar-refractivity contribution in [1.29, 1.82) is 0 Å². The van der Waals surface area contributed by atoms with E-state index in [1.54, 1.807) is 19.1 Å². The van der Waals surface area contributed by atoms with Gasteiger partial charge in [0.1, 0.15) is 28.4 Å². The van der Waals surface area contributed by atoms with E-state index >= 15 is 0 Å². The third kappa shape index (κ3) is 7.83. The molecule has 1 aromatic rings. The summed E-state index contributed by atoms with van der Waals surface area (Å²) in [6.45, 7) is 16.1. The van der Waals surface area contributed by atoms with E-state index in [4.69, 9.17) is 18.7 Å². The van der Waals surface area contributed by atoms with Crippen LogP contribution in [0.5, 0.6) is 17.2 Å². The zero-order chi connectivity index (χ0) is 42.4. The lowest BCUT2D eigenvalue weighted by Crippen LogP contribution is -2.72. The van der Waals surface area contributed by atoms with Crippen molar-refractivity contribution in [2.75, 3.05) is 20.3 Å². The van der Waals surface area contributed by atoms with Crippen LogP contribution in [0.3, 0.4) is 0 Å².